The molecule has 0 aliphatic carbocycles. The van der Waals surface area contributed by atoms with E-state index in [4.69, 9.17) is 0 Å². The van der Waals surface area contributed by atoms with Crippen molar-refractivity contribution >= 4 is 28.1 Å². The first-order valence-corrected chi connectivity index (χ1v) is 7.60. The van der Waals surface area contributed by atoms with Crippen molar-refractivity contribution in [1.82, 2.24) is 4.98 Å². The van der Waals surface area contributed by atoms with Crippen LogP contribution in [0, 0.1) is 6.92 Å². The molecule has 2 rings (SSSR count). The van der Waals surface area contributed by atoms with Crippen LogP contribution in [0.4, 0.5) is 10.8 Å². The summed E-state index contributed by atoms with van der Waals surface area (Å²) in [6, 6.07) is 9.45. The predicted octanol–water partition coefficient (Wildman–Crippen LogP) is 3.92. The Morgan fingerprint density at radius 3 is 2.75 bits per heavy atom. The molecular weight excluding hydrogens is 270 g/mol. The van der Waals surface area contributed by atoms with E-state index in [1.54, 1.807) is 0 Å². The molecule has 1 aromatic heterocycles. The molecule has 0 fully saturated rings. The molecule has 20 heavy (non-hydrogen) atoms. The van der Waals surface area contributed by atoms with E-state index in [-0.39, 0.29) is 5.91 Å². The van der Waals surface area contributed by atoms with Crippen LogP contribution in [0.15, 0.2) is 30.3 Å². The average molecular weight is 289 g/mol. The van der Waals surface area contributed by atoms with Crippen molar-refractivity contribution in [3.8, 4) is 0 Å². The molecule has 0 bridgehead atoms. The first kappa shape index (κ1) is 14.5. The summed E-state index contributed by atoms with van der Waals surface area (Å²) in [5.41, 5.74) is 1.56. The fourth-order valence-corrected chi connectivity index (χ4v) is 2.65. The quantitative estimate of drug-likeness (QED) is 0.793. The molecule has 0 spiro atoms. The number of carbonyl (C=O) groups excluding carboxylic acids is 1. The molecule has 0 aliphatic rings. The van der Waals surface area contributed by atoms with Gasteiger partial charge in [-0.1, -0.05) is 42.9 Å². The van der Waals surface area contributed by atoms with E-state index in [1.165, 1.54) is 11.3 Å². The number of unbranched alkanes of at least 4 members (excludes halogenated alkanes) is 1. The van der Waals surface area contributed by atoms with Gasteiger partial charge in [0.1, 0.15) is 4.88 Å². The predicted molar refractivity (Wildman–Crippen MR) is 84.6 cm³/mol. The van der Waals surface area contributed by atoms with E-state index in [9.17, 15) is 4.79 Å². The zero-order chi connectivity index (χ0) is 14.4. The molecular formula is C15H19N3OS. The van der Waals surface area contributed by atoms with Gasteiger partial charge < -0.3 is 10.6 Å². The number of aryl methyl sites for hydroxylation is 1. The van der Waals surface area contributed by atoms with Crippen molar-refractivity contribution in [2.75, 3.05) is 17.2 Å². The summed E-state index contributed by atoms with van der Waals surface area (Å²) in [4.78, 5) is 17.3. The number of nitrogens with one attached hydrogen (secondary N) is 2. The lowest BCUT2D eigenvalue weighted by atomic mass is 10.3. The molecule has 0 unspecified atom stereocenters. The summed E-state index contributed by atoms with van der Waals surface area (Å²) < 4.78 is 0. The number of para-hydroxylation sites is 1. The van der Waals surface area contributed by atoms with Gasteiger partial charge in [-0.05, 0) is 25.5 Å². The van der Waals surface area contributed by atoms with Gasteiger partial charge in [-0.15, -0.1) is 0 Å². The van der Waals surface area contributed by atoms with Crippen molar-refractivity contribution in [3.63, 3.8) is 0 Å². The third-order valence-electron chi connectivity index (χ3n) is 2.84. The van der Waals surface area contributed by atoms with Crippen molar-refractivity contribution in [2.45, 2.75) is 26.7 Å². The maximum atomic E-state index is 12.2. The Labute approximate surface area is 123 Å². The molecule has 1 aromatic carbocycles. The molecule has 0 radical (unpaired) electrons. The maximum absolute atomic E-state index is 12.2. The third-order valence-corrected chi connectivity index (χ3v) is 3.95. The number of aromatic nitrogens is 1. The summed E-state index contributed by atoms with van der Waals surface area (Å²) >= 11 is 1.40. The molecule has 0 saturated heterocycles. The smallest absolute Gasteiger partial charge is 0.267 e. The molecule has 0 atom stereocenters. The highest BCUT2D eigenvalue weighted by molar-refractivity contribution is 7.17. The third kappa shape index (κ3) is 3.81. The van der Waals surface area contributed by atoms with Crippen LogP contribution in [0.1, 0.15) is 35.1 Å². The van der Waals surface area contributed by atoms with Crippen LogP contribution < -0.4 is 10.6 Å². The second-order valence-electron chi connectivity index (χ2n) is 4.53. The number of amides is 1. The Balaban J connectivity index is 2.02. The number of hydrogen-bond acceptors (Lipinski definition) is 4. The SMILES string of the molecule is CCCCNc1nc(C)c(C(=O)Nc2ccccc2)s1. The highest BCUT2D eigenvalue weighted by Gasteiger charge is 2.15. The summed E-state index contributed by atoms with van der Waals surface area (Å²) in [6.45, 7) is 4.90. The van der Waals surface area contributed by atoms with Crippen molar-refractivity contribution < 1.29 is 4.79 Å². The van der Waals surface area contributed by atoms with Crippen LogP contribution in [-0.4, -0.2) is 17.4 Å². The van der Waals surface area contributed by atoms with Gasteiger partial charge in [-0.25, -0.2) is 4.98 Å². The van der Waals surface area contributed by atoms with E-state index in [0.29, 0.717) is 4.88 Å². The molecule has 0 aliphatic heterocycles. The van der Waals surface area contributed by atoms with Crippen LogP contribution in [-0.2, 0) is 0 Å². The lowest BCUT2D eigenvalue weighted by molar-refractivity contribution is 0.103. The second kappa shape index (κ2) is 7.05. The number of benzene rings is 1. The van der Waals surface area contributed by atoms with E-state index >= 15 is 0 Å². The zero-order valence-corrected chi connectivity index (χ0v) is 12.6. The Kier molecular flexibility index (Phi) is 5.12. The number of thiazole rings is 1. The summed E-state index contributed by atoms with van der Waals surface area (Å²) in [5.74, 6) is -0.102. The van der Waals surface area contributed by atoms with Crippen molar-refractivity contribution in [3.05, 3.63) is 40.9 Å². The number of rotatable bonds is 6. The van der Waals surface area contributed by atoms with Crippen LogP contribution in [0.2, 0.25) is 0 Å². The Hall–Kier alpha value is -1.88. The normalized spacial score (nSPS) is 10.3. The molecule has 2 aromatic rings. The van der Waals surface area contributed by atoms with E-state index in [1.807, 2.05) is 37.3 Å². The standard InChI is InChI=1S/C15H19N3OS/c1-3-4-10-16-15-17-11(2)13(20-15)14(19)18-12-8-6-5-7-9-12/h5-9H,3-4,10H2,1-2H3,(H,16,17)(H,18,19). The summed E-state index contributed by atoms with van der Waals surface area (Å²) in [7, 11) is 0. The minimum absolute atomic E-state index is 0.102. The fourth-order valence-electron chi connectivity index (χ4n) is 1.76. The van der Waals surface area contributed by atoms with Gasteiger partial charge in [-0.3, -0.25) is 4.79 Å². The van der Waals surface area contributed by atoms with Gasteiger partial charge in [0.25, 0.3) is 5.91 Å². The molecule has 0 saturated carbocycles. The summed E-state index contributed by atoms with van der Waals surface area (Å²) in [5, 5.41) is 6.95. The van der Waals surface area contributed by atoms with Gasteiger partial charge >= 0.3 is 0 Å². The highest BCUT2D eigenvalue weighted by atomic mass is 32.1. The number of carbonyl (C=O) groups is 1. The van der Waals surface area contributed by atoms with Gasteiger partial charge in [0.15, 0.2) is 5.13 Å². The van der Waals surface area contributed by atoms with Gasteiger partial charge in [-0.2, -0.15) is 0 Å². The second-order valence-corrected chi connectivity index (χ2v) is 5.53. The Morgan fingerprint density at radius 2 is 2.05 bits per heavy atom. The molecule has 106 valence electrons. The monoisotopic (exact) mass is 289 g/mol. The van der Waals surface area contributed by atoms with Gasteiger partial charge in [0.05, 0.1) is 5.69 Å². The first-order chi connectivity index (χ1) is 9.70. The minimum atomic E-state index is -0.102. The highest BCUT2D eigenvalue weighted by Crippen LogP contribution is 2.23. The van der Waals surface area contributed by atoms with E-state index in [0.717, 1.165) is 35.9 Å². The van der Waals surface area contributed by atoms with Crippen LogP contribution in [0.25, 0.3) is 0 Å². The molecule has 5 heteroatoms. The van der Waals surface area contributed by atoms with E-state index < -0.39 is 0 Å². The Morgan fingerprint density at radius 1 is 1.30 bits per heavy atom. The molecule has 1 heterocycles. The number of nitrogens with zero attached hydrogens (tertiary/aromatic N) is 1. The van der Waals surface area contributed by atoms with Gasteiger partial charge in [0, 0.05) is 12.2 Å². The lowest BCUT2D eigenvalue weighted by Crippen LogP contribution is -2.11. The summed E-state index contributed by atoms with van der Waals surface area (Å²) in [6.07, 6.45) is 2.24. The number of anilines is 2. The lowest BCUT2D eigenvalue weighted by Gasteiger charge is -2.03. The van der Waals surface area contributed by atoms with Crippen molar-refractivity contribution in [2.24, 2.45) is 0 Å². The first-order valence-electron chi connectivity index (χ1n) is 6.78. The molecule has 1 amide bonds. The topological polar surface area (TPSA) is 54.0 Å². The van der Waals surface area contributed by atoms with Crippen LogP contribution in [0.3, 0.4) is 0 Å². The number of hydrogen-bond donors (Lipinski definition) is 2. The van der Waals surface area contributed by atoms with Crippen molar-refractivity contribution in [1.29, 1.82) is 0 Å². The Bertz CT molecular complexity index is 566. The largest absolute Gasteiger partial charge is 0.361 e. The minimum Gasteiger partial charge on any atom is -0.361 e. The average Bonchev–Trinajstić information content (AvgIpc) is 2.81. The molecule has 2 N–H and O–H groups in total. The van der Waals surface area contributed by atoms with E-state index in [2.05, 4.69) is 22.5 Å². The fraction of sp³-hybridized carbons (Fsp3) is 0.333. The zero-order valence-electron chi connectivity index (χ0n) is 11.8. The molecule has 4 nitrogen and oxygen atoms in total. The van der Waals surface area contributed by atoms with Crippen LogP contribution in [0.5, 0.6) is 0 Å². The maximum Gasteiger partial charge on any atom is 0.267 e. The van der Waals surface area contributed by atoms with Crippen LogP contribution >= 0.6 is 11.3 Å². The van der Waals surface area contributed by atoms with Gasteiger partial charge in [0.2, 0.25) is 0 Å².